The molecule has 2 rings (SSSR count). The second-order valence-corrected chi connectivity index (χ2v) is 4.98. The van der Waals surface area contributed by atoms with Gasteiger partial charge in [-0.1, -0.05) is 6.92 Å². The zero-order valence-electron chi connectivity index (χ0n) is 11.0. The van der Waals surface area contributed by atoms with Crippen molar-refractivity contribution in [1.29, 1.82) is 0 Å². The van der Waals surface area contributed by atoms with E-state index in [9.17, 15) is 19.2 Å². The van der Waals surface area contributed by atoms with Gasteiger partial charge in [0.25, 0.3) is 0 Å². The van der Waals surface area contributed by atoms with Crippen LogP contribution in [0.2, 0.25) is 0 Å². The molecule has 2 heterocycles. The molecule has 0 bridgehead atoms. The monoisotopic (exact) mass is 267 g/mol. The van der Waals surface area contributed by atoms with Gasteiger partial charge in [0.1, 0.15) is 12.6 Å². The molecule has 2 aliphatic rings. The molecular formula is C12H17N3O4. The van der Waals surface area contributed by atoms with Crippen molar-refractivity contribution in [3.05, 3.63) is 0 Å². The van der Waals surface area contributed by atoms with E-state index in [0.717, 1.165) is 0 Å². The molecule has 0 aromatic rings. The van der Waals surface area contributed by atoms with E-state index >= 15 is 0 Å². The number of hydrogen-bond acceptors (Lipinski definition) is 4. The Morgan fingerprint density at radius 1 is 1.37 bits per heavy atom. The highest BCUT2D eigenvalue weighted by atomic mass is 16.2. The molecule has 104 valence electrons. The maximum Gasteiger partial charge on any atom is 0.249 e. The number of nitrogens with one attached hydrogen (secondary N) is 1. The molecule has 2 unspecified atom stereocenters. The molecule has 1 N–H and O–H groups in total. The topological polar surface area (TPSA) is 86.8 Å². The molecule has 2 saturated heterocycles. The van der Waals surface area contributed by atoms with Gasteiger partial charge in [-0.05, 0) is 6.42 Å². The summed E-state index contributed by atoms with van der Waals surface area (Å²) in [5, 5.41) is 2.22. The lowest BCUT2D eigenvalue weighted by Crippen LogP contribution is -2.60. The third-order valence-corrected chi connectivity index (χ3v) is 3.62. The van der Waals surface area contributed by atoms with E-state index in [1.165, 1.54) is 9.80 Å². The first-order valence-corrected chi connectivity index (χ1v) is 6.32. The summed E-state index contributed by atoms with van der Waals surface area (Å²) in [6.45, 7) is 2.02. The molecule has 4 amide bonds. The van der Waals surface area contributed by atoms with E-state index in [1.54, 1.807) is 14.0 Å². The smallest absolute Gasteiger partial charge is 0.249 e. The van der Waals surface area contributed by atoms with Crippen molar-refractivity contribution in [3.8, 4) is 0 Å². The Morgan fingerprint density at radius 3 is 2.58 bits per heavy atom. The van der Waals surface area contributed by atoms with Crippen LogP contribution in [-0.2, 0) is 19.2 Å². The van der Waals surface area contributed by atoms with Gasteiger partial charge >= 0.3 is 0 Å². The molecule has 0 spiro atoms. The van der Waals surface area contributed by atoms with Crippen molar-refractivity contribution in [2.75, 3.05) is 20.1 Å². The minimum Gasteiger partial charge on any atom is -0.345 e. The lowest BCUT2D eigenvalue weighted by atomic mass is 10.0. The van der Waals surface area contributed by atoms with Crippen LogP contribution in [0.1, 0.15) is 19.8 Å². The van der Waals surface area contributed by atoms with Gasteiger partial charge in [0.05, 0.1) is 5.92 Å². The van der Waals surface area contributed by atoms with E-state index in [4.69, 9.17) is 0 Å². The van der Waals surface area contributed by atoms with Gasteiger partial charge in [-0.15, -0.1) is 0 Å². The summed E-state index contributed by atoms with van der Waals surface area (Å²) in [6.07, 6.45) is 0.597. The lowest BCUT2D eigenvalue weighted by molar-refractivity contribution is -0.152. The summed E-state index contributed by atoms with van der Waals surface area (Å²) in [5.41, 5.74) is 0. The number of nitrogens with zero attached hydrogens (tertiary/aromatic N) is 2. The third kappa shape index (κ3) is 2.45. The molecule has 0 saturated carbocycles. The molecular weight excluding hydrogens is 250 g/mol. The van der Waals surface area contributed by atoms with Crippen LogP contribution in [0.25, 0.3) is 0 Å². The number of rotatable bonds is 2. The maximum atomic E-state index is 12.4. The number of likely N-dealkylation sites (tertiary alicyclic amines) is 1. The first kappa shape index (κ1) is 13.5. The first-order valence-electron chi connectivity index (χ1n) is 6.32. The standard InChI is InChI=1S/C12H17N3O4/c1-3-8-11(18)13-9(16)6-15(8)12(19)7-4-10(17)14(2)5-7/h7-8H,3-6H2,1-2H3,(H,13,16,18). The maximum absolute atomic E-state index is 12.4. The fraction of sp³-hybridized carbons (Fsp3) is 0.667. The Morgan fingerprint density at radius 2 is 2.05 bits per heavy atom. The second kappa shape index (κ2) is 4.99. The largest absolute Gasteiger partial charge is 0.345 e. The summed E-state index contributed by atoms with van der Waals surface area (Å²) >= 11 is 0. The van der Waals surface area contributed by atoms with E-state index < -0.39 is 23.8 Å². The normalized spacial score (nSPS) is 27.8. The zero-order valence-corrected chi connectivity index (χ0v) is 11.0. The highest BCUT2D eigenvalue weighted by Crippen LogP contribution is 2.21. The molecule has 2 fully saturated rings. The van der Waals surface area contributed by atoms with Gasteiger partial charge in [-0.3, -0.25) is 24.5 Å². The zero-order chi connectivity index (χ0) is 14.2. The van der Waals surface area contributed by atoms with Gasteiger partial charge < -0.3 is 9.80 Å². The third-order valence-electron chi connectivity index (χ3n) is 3.62. The number of amides is 4. The van der Waals surface area contributed by atoms with Crippen LogP contribution in [0.3, 0.4) is 0 Å². The lowest BCUT2D eigenvalue weighted by Gasteiger charge is -2.34. The highest BCUT2D eigenvalue weighted by molar-refractivity contribution is 6.05. The Bertz CT molecular complexity index is 448. The highest BCUT2D eigenvalue weighted by Gasteiger charge is 2.41. The molecule has 0 aliphatic carbocycles. The van der Waals surface area contributed by atoms with Crippen LogP contribution >= 0.6 is 0 Å². The fourth-order valence-electron chi connectivity index (χ4n) is 2.57. The Labute approximate surface area is 110 Å². The van der Waals surface area contributed by atoms with Crippen LogP contribution in [0.4, 0.5) is 0 Å². The quantitative estimate of drug-likeness (QED) is 0.632. The molecule has 2 aliphatic heterocycles. The summed E-state index contributed by atoms with van der Waals surface area (Å²) in [4.78, 5) is 49.7. The van der Waals surface area contributed by atoms with Crippen molar-refractivity contribution in [1.82, 2.24) is 15.1 Å². The number of hydrogen-bond donors (Lipinski definition) is 1. The summed E-state index contributed by atoms with van der Waals surface area (Å²) in [5.74, 6) is -1.73. The summed E-state index contributed by atoms with van der Waals surface area (Å²) in [7, 11) is 1.64. The van der Waals surface area contributed by atoms with Crippen LogP contribution in [0.15, 0.2) is 0 Å². The molecule has 0 radical (unpaired) electrons. The van der Waals surface area contributed by atoms with Crippen LogP contribution in [0, 0.1) is 5.92 Å². The van der Waals surface area contributed by atoms with Crippen molar-refractivity contribution < 1.29 is 19.2 Å². The molecule has 7 nitrogen and oxygen atoms in total. The van der Waals surface area contributed by atoms with Gasteiger partial charge in [0, 0.05) is 20.0 Å². The number of piperazine rings is 1. The van der Waals surface area contributed by atoms with Crippen LogP contribution in [0.5, 0.6) is 0 Å². The minimum atomic E-state index is -0.619. The Hall–Kier alpha value is -1.92. The molecule has 0 aromatic carbocycles. The first-order chi connectivity index (χ1) is 8.93. The fourth-order valence-corrected chi connectivity index (χ4v) is 2.57. The average molecular weight is 267 g/mol. The van der Waals surface area contributed by atoms with Crippen molar-refractivity contribution in [2.45, 2.75) is 25.8 Å². The van der Waals surface area contributed by atoms with E-state index in [2.05, 4.69) is 5.32 Å². The number of carbonyl (C=O) groups is 4. The van der Waals surface area contributed by atoms with Gasteiger partial charge in [0.15, 0.2) is 0 Å². The van der Waals surface area contributed by atoms with Crippen molar-refractivity contribution in [3.63, 3.8) is 0 Å². The van der Waals surface area contributed by atoms with Gasteiger partial charge in [-0.2, -0.15) is 0 Å². The SMILES string of the molecule is CCC1C(=O)NC(=O)CN1C(=O)C1CC(=O)N(C)C1. The number of carbonyl (C=O) groups excluding carboxylic acids is 4. The molecule has 7 heteroatoms. The van der Waals surface area contributed by atoms with E-state index in [1.807, 2.05) is 0 Å². The number of imide groups is 1. The van der Waals surface area contributed by atoms with Crippen LogP contribution < -0.4 is 5.32 Å². The predicted octanol–water partition coefficient (Wildman–Crippen LogP) is -1.27. The van der Waals surface area contributed by atoms with E-state index in [-0.39, 0.29) is 24.8 Å². The predicted molar refractivity (Wildman–Crippen MR) is 64.7 cm³/mol. The average Bonchev–Trinajstić information content (AvgIpc) is 2.68. The van der Waals surface area contributed by atoms with Crippen molar-refractivity contribution >= 4 is 23.6 Å². The van der Waals surface area contributed by atoms with E-state index in [0.29, 0.717) is 13.0 Å². The second-order valence-electron chi connectivity index (χ2n) is 4.98. The van der Waals surface area contributed by atoms with Crippen molar-refractivity contribution in [2.24, 2.45) is 5.92 Å². The van der Waals surface area contributed by atoms with Gasteiger partial charge in [-0.25, -0.2) is 0 Å². The molecule has 0 aromatic heterocycles. The minimum absolute atomic E-state index is 0.0841. The van der Waals surface area contributed by atoms with Gasteiger partial charge in [0.2, 0.25) is 23.6 Å². The molecule has 19 heavy (non-hydrogen) atoms. The van der Waals surface area contributed by atoms with Crippen LogP contribution in [-0.4, -0.2) is 59.6 Å². The Kier molecular flexibility index (Phi) is 3.55. The molecule has 2 atom stereocenters. The summed E-state index contributed by atoms with van der Waals surface area (Å²) in [6, 6.07) is -0.619. The summed E-state index contributed by atoms with van der Waals surface area (Å²) < 4.78 is 0. The Balaban J connectivity index is 2.14.